The van der Waals surface area contributed by atoms with Gasteiger partial charge < -0.3 is 5.73 Å². The van der Waals surface area contributed by atoms with Crippen molar-refractivity contribution in [3.05, 3.63) is 38.9 Å². The molecule has 2 N–H and O–H groups in total. The maximum Gasteiger partial charge on any atom is 0.274 e. The highest BCUT2D eigenvalue weighted by Gasteiger charge is 2.21. The second-order valence-electron chi connectivity index (χ2n) is 3.61. The number of nitro benzene ring substituents is 1. The molecule has 1 aromatic carbocycles. The van der Waals surface area contributed by atoms with Gasteiger partial charge in [-0.1, -0.05) is 24.6 Å². The lowest BCUT2D eigenvalue weighted by Gasteiger charge is -2.15. The molecule has 0 amide bonds. The molecule has 0 bridgehead atoms. The van der Waals surface area contributed by atoms with Gasteiger partial charge in [0.2, 0.25) is 0 Å². The molecular weight excluding hydrogens is 216 g/mol. The van der Waals surface area contributed by atoms with Crippen molar-refractivity contribution in [3.8, 4) is 0 Å². The molecular formula is C10H13ClN2O2. The van der Waals surface area contributed by atoms with E-state index in [2.05, 4.69) is 0 Å². The summed E-state index contributed by atoms with van der Waals surface area (Å²) in [5.41, 5.74) is 6.38. The highest BCUT2D eigenvalue weighted by Crippen LogP contribution is 2.30. The first-order valence-electron chi connectivity index (χ1n) is 4.63. The third-order valence-corrected chi connectivity index (χ3v) is 2.70. The molecule has 0 saturated carbocycles. The molecule has 0 aliphatic rings. The molecule has 1 rings (SSSR count). The van der Waals surface area contributed by atoms with Gasteiger partial charge in [-0.15, -0.1) is 0 Å². The molecule has 5 heteroatoms. The van der Waals surface area contributed by atoms with Crippen LogP contribution in [0.5, 0.6) is 0 Å². The van der Waals surface area contributed by atoms with Crippen molar-refractivity contribution in [2.75, 3.05) is 0 Å². The number of nitrogens with two attached hydrogens (primary N) is 1. The Kier molecular flexibility index (Phi) is 3.66. The molecule has 0 aromatic heterocycles. The summed E-state index contributed by atoms with van der Waals surface area (Å²) < 4.78 is 0. The third-order valence-electron chi connectivity index (χ3n) is 2.47. The second-order valence-corrected chi connectivity index (χ2v) is 4.04. The SMILES string of the molecule is CC(N)C(C)c1ccc(Cl)cc1[N+](=O)[O-]. The standard InChI is InChI=1S/C10H13ClN2O2/c1-6(7(2)12)9-4-3-8(11)5-10(9)13(14)15/h3-7H,12H2,1-2H3. The smallest absolute Gasteiger partial charge is 0.274 e. The molecule has 0 spiro atoms. The van der Waals surface area contributed by atoms with Crippen molar-refractivity contribution in [3.63, 3.8) is 0 Å². The number of halogens is 1. The number of benzene rings is 1. The van der Waals surface area contributed by atoms with E-state index in [-0.39, 0.29) is 17.6 Å². The summed E-state index contributed by atoms with van der Waals surface area (Å²) in [6.45, 7) is 3.68. The Morgan fingerprint density at radius 3 is 2.53 bits per heavy atom. The molecule has 0 saturated heterocycles. The third kappa shape index (κ3) is 2.67. The number of rotatable bonds is 3. The Balaban J connectivity index is 3.22. The van der Waals surface area contributed by atoms with Crippen molar-refractivity contribution in [1.29, 1.82) is 0 Å². The van der Waals surface area contributed by atoms with Gasteiger partial charge in [-0.05, 0) is 13.0 Å². The van der Waals surface area contributed by atoms with Gasteiger partial charge in [0.25, 0.3) is 5.69 Å². The van der Waals surface area contributed by atoms with E-state index in [4.69, 9.17) is 17.3 Å². The molecule has 0 radical (unpaired) electrons. The minimum absolute atomic E-state index is 0.0345. The van der Waals surface area contributed by atoms with Crippen LogP contribution in [0.2, 0.25) is 5.02 Å². The van der Waals surface area contributed by atoms with Crippen LogP contribution >= 0.6 is 11.6 Å². The fourth-order valence-corrected chi connectivity index (χ4v) is 1.51. The van der Waals surface area contributed by atoms with Crippen LogP contribution in [0.3, 0.4) is 0 Å². The van der Waals surface area contributed by atoms with E-state index in [1.54, 1.807) is 12.1 Å². The maximum atomic E-state index is 10.8. The molecule has 0 aliphatic carbocycles. The summed E-state index contributed by atoms with van der Waals surface area (Å²) in [4.78, 5) is 10.4. The summed E-state index contributed by atoms with van der Waals surface area (Å²) in [6, 6.07) is 4.53. The Morgan fingerprint density at radius 2 is 2.07 bits per heavy atom. The zero-order chi connectivity index (χ0) is 11.6. The molecule has 2 unspecified atom stereocenters. The lowest BCUT2D eigenvalue weighted by atomic mass is 9.93. The van der Waals surface area contributed by atoms with Crippen molar-refractivity contribution in [2.45, 2.75) is 25.8 Å². The van der Waals surface area contributed by atoms with Gasteiger partial charge in [0.1, 0.15) is 0 Å². The van der Waals surface area contributed by atoms with Crippen LogP contribution in [0, 0.1) is 10.1 Å². The van der Waals surface area contributed by atoms with Crippen LogP contribution in [0.15, 0.2) is 18.2 Å². The Labute approximate surface area is 93.2 Å². The van der Waals surface area contributed by atoms with Crippen LogP contribution in [0.4, 0.5) is 5.69 Å². The lowest BCUT2D eigenvalue weighted by Crippen LogP contribution is -2.23. The predicted octanol–water partition coefficient (Wildman–Crippen LogP) is 2.70. The zero-order valence-corrected chi connectivity index (χ0v) is 9.36. The van der Waals surface area contributed by atoms with Gasteiger partial charge in [0.05, 0.1) is 4.92 Å². The van der Waals surface area contributed by atoms with Gasteiger partial charge in [0.15, 0.2) is 0 Å². The Hall–Kier alpha value is -1.13. The fraction of sp³-hybridized carbons (Fsp3) is 0.400. The number of nitro groups is 1. The van der Waals surface area contributed by atoms with Crippen LogP contribution in [-0.4, -0.2) is 11.0 Å². The average Bonchev–Trinajstić information content (AvgIpc) is 2.16. The summed E-state index contributed by atoms with van der Waals surface area (Å²) in [7, 11) is 0. The first-order valence-corrected chi connectivity index (χ1v) is 5.00. The second kappa shape index (κ2) is 4.59. The molecule has 0 aliphatic heterocycles. The van der Waals surface area contributed by atoms with Crippen LogP contribution in [0.1, 0.15) is 25.3 Å². The highest BCUT2D eigenvalue weighted by molar-refractivity contribution is 6.30. The van der Waals surface area contributed by atoms with Crippen molar-refractivity contribution >= 4 is 17.3 Å². The Morgan fingerprint density at radius 1 is 1.47 bits per heavy atom. The Bertz CT molecular complexity index is 380. The van der Waals surface area contributed by atoms with E-state index in [0.29, 0.717) is 10.6 Å². The van der Waals surface area contributed by atoms with Crippen LogP contribution in [0.25, 0.3) is 0 Å². The number of nitrogens with zero attached hydrogens (tertiary/aromatic N) is 1. The molecule has 4 nitrogen and oxygen atoms in total. The largest absolute Gasteiger partial charge is 0.327 e. The van der Waals surface area contributed by atoms with Gasteiger partial charge in [-0.3, -0.25) is 10.1 Å². The fourth-order valence-electron chi connectivity index (χ4n) is 1.34. The normalized spacial score (nSPS) is 14.7. The van der Waals surface area contributed by atoms with E-state index in [0.717, 1.165) is 0 Å². The number of hydrogen-bond acceptors (Lipinski definition) is 3. The molecule has 82 valence electrons. The van der Waals surface area contributed by atoms with Crippen molar-refractivity contribution in [1.82, 2.24) is 0 Å². The summed E-state index contributed by atoms with van der Waals surface area (Å²) in [6.07, 6.45) is 0. The monoisotopic (exact) mass is 228 g/mol. The first kappa shape index (κ1) is 11.9. The van der Waals surface area contributed by atoms with E-state index in [1.807, 2.05) is 13.8 Å². The number of hydrogen-bond donors (Lipinski definition) is 1. The zero-order valence-electron chi connectivity index (χ0n) is 8.61. The maximum absolute atomic E-state index is 10.8. The van der Waals surface area contributed by atoms with Crippen molar-refractivity contribution in [2.24, 2.45) is 5.73 Å². The van der Waals surface area contributed by atoms with Gasteiger partial charge in [-0.25, -0.2) is 0 Å². The highest BCUT2D eigenvalue weighted by atomic mass is 35.5. The van der Waals surface area contributed by atoms with Crippen LogP contribution < -0.4 is 5.73 Å². The topological polar surface area (TPSA) is 69.2 Å². The summed E-state index contributed by atoms with van der Waals surface area (Å²) in [5, 5.41) is 11.2. The molecule has 15 heavy (non-hydrogen) atoms. The average molecular weight is 229 g/mol. The van der Waals surface area contributed by atoms with E-state index < -0.39 is 4.92 Å². The van der Waals surface area contributed by atoms with Crippen molar-refractivity contribution < 1.29 is 4.92 Å². The van der Waals surface area contributed by atoms with E-state index in [1.165, 1.54) is 6.07 Å². The van der Waals surface area contributed by atoms with Crippen LogP contribution in [-0.2, 0) is 0 Å². The minimum Gasteiger partial charge on any atom is -0.327 e. The molecule has 0 fully saturated rings. The molecule has 0 heterocycles. The lowest BCUT2D eigenvalue weighted by molar-refractivity contribution is -0.385. The summed E-state index contributed by atoms with van der Waals surface area (Å²) >= 11 is 5.71. The van der Waals surface area contributed by atoms with E-state index >= 15 is 0 Å². The minimum atomic E-state index is -0.430. The van der Waals surface area contributed by atoms with Gasteiger partial charge in [0, 0.05) is 28.6 Å². The van der Waals surface area contributed by atoms with E-state index in [9.17, 15) is 10.1 Å². The summed E-state index contributed by atoms with van der Waals surface area (Å²) in [5.74, 6) is -0.0670. The molecule has 2 atom stereocenters. The van der Waals surface area contributed by atoms with Gasteiger partial charge in [-0.2, -0.15) is 0 Å². The predicted molar refractivity (Wildman–Crippen MR) is 60.2 cm³/mol. The molecule has 1 aromatic rings. The quantitative estimate of drug-likeness (QED) is 0.639. The van der Waals surface area contributed by atoms with Gasteiger partial charge >= 0.3 is 0 Å². The first-order chi connectivity index (χ1) is 6.93.